The Morgan fingerprint density at radius 3 is 2.17 bits per heavy atom. The van der Waals surface area contributed by atoms with Gasteiger partial charge in [0, 0.05) is 56.9 Å². The highest BCUT2D eigenvalue weighted by atomic mass is 16.5. The molecule has 5 nitrogen and oxygen atoms in total. The highest BCUT2D eigenvalue weighted by Gasteiger charge is 2.33. The molecule has 0 saturated heterocycles. The van der Waals surface area contributed by atoms with E-state index in [2.05, 4.69) is 30.6 Å². The monoisotopic (exact) mass is 875 g/mol. The molecule has 0 atom stereocenters. The number of nitrogens with zero attached hydrogens (tertiary/aromatic N) is 4. The van der Waals surface area contributed by atoms with Crippen molar-refractivity contribution in [3.63, 3.8) is 0 Å². The lowest BCUT2D eigenvalue weighted by molar-refractivity contribution is 0.479. The van der Waals surface area contributed by atoms with E-state index in [1.54, 1.807) is 10.8 Å². The first-order chi connectivity index (χ1) is 36.6. The SMILES string of the molecule is [2H]c1c([2H])c([2H])c2c(c1[2H])c1ccc(Oc3cc(N4CN(c5c(-c6ccccc6)cccc5-c5cc(C(C)(C)C)c6c(c5)C([2H])([2H])C([2H])([2H])C([2H])([2H])C6([2H])[2H])c5ccccc54)ccc3C)cc1n2-c1cc(C(C)(C)C)ccn1. The summed E-state index contributed by atoms with van der Waals surface area (Å²) in [7, 11) is 0. The van der Waals surface area contributed by atoms with Crippen LogP contribution >= 0.6 is 0 Å². The van der Waals surface area contributed by atoms with Gasteiger partial charge in [-0.25, -0.2) is 4.98 Å². The zero-order chi connectivity index (χ0) is 56.0. The van der Waals surface area contributed by atoms with Crippen LogP contribution in [0.15, 0.2) is 164 Å². The first kappa shape index (κ1) is 30.2. The van der Waals surface area contributed by atoms with Gasteiger partial charge in [0.2, 0.25) is 0 Å². The van der Waals surface area contributed by atoms with Crippen LogP contribution in [-0.4, -0.2) is 16.2 Å². The van der Waals surface area contributed by atoms with Crippen molar-refractivity contribution < 1.29 is 21.2 Å². The van der Waals surface area contributed by atoms with Crippen LogP contribution in [0.25, 0.3) is 49.9 Å². The molecule has 328 valence electrons. The van der Waals surface area contributed by atoms with E-state index >= 15 is 0 Å². The molecule has 9 aromatic rings. The summed E-state index contributed by atoms with van der Waals surface area (Å²) in [4.78, 5) is 9.14. The Morgan fingerprint density at radius 1 is 0.636 bits per heavy atom. The Balaban J connectivity index is 1.05. The highest BCUT2D eigenvalue weighted by molar-refractivity contribution is 6.09. The highest BCUT2D eigenvalue weighted by Crippen LogP contribution is 2.51. The van der Waals surface area contributed by atoms with Crippen LogP contribution in [-0.2, 0) is 23.6 Å². The van der Waals surface area contributed by atoms with Gasteiger partial charge < -0.3 is 14.5 Å². The maximum Gasteiger partial charge on any atom is 0.137 e. The number of ether oxygens (including phenoxy) is 1. The lowest BCUT2D eigenvalue weighted by Gasteiger charge is -2.31. The van der Waals surface area contributed by atoms with Crippen molar-refractivity contribution >= 4 is 44.6 Å². The Kier molecular flexibility index (Phi) is 7.36. The standard InChI is InChI=1S/C61H58N4O/c1-40-28-29-45(37-57(40)66-46-30-31-51-50-22-13-14-25-53(50)65(56(51)38-46)58-36-44(32-33-62-58)60(2,3)4)63-39-64(55-27-16-15-26-54(55)63)59-48(41-18-9-8-10-19-41)23-17-24-49(59)43-34-42-20-11-12-21-47(42)52(35-43)61(5,6)7/h8-10,13-19,22-38H,11-12,20-21,39H2,1-7H3/i11D2,12D2,13D,14D,20D2,21D2,22D,25D. The molecular weight excluding hydrogens is 805 g/mol. The molecule has 1 aliphatic carbocycles. The fourth-order valence-electron chi connectivity index (χ4n) is 9.36. The summed E-state index contributed by atoms with van der Waals surface area (Å²) in [5.41, 5.74) is 8.02. The van der Waals surface area contributed by atoms with Crippen molar-refractivity contribution in [3.8, 4) is 39.6 Å². The van der Waals surface area contributed by atoms with Gasteiger partial charge in [0.05, 0.1) is 33.6 Å². The van der Waals surface area contributed by atoms with Crippen LogP contribution in [0.5, 0.6) is 11.5 Å². The second kappa shape index (κ2) is 16.1. The number of fused-ring (bicyclic) bond motifs is 5. The van der Waals surface area contributed by atoms with Gasteiger partial charge in [-0.2, -0.15) is 0 Å². The van der Waals surface area contributed by atoms with Crippen molar-refractivity contribution in [2.24, 2.45) is 0 Å². The molecule has 1 aliphatic heterocycles. The van der Waals surface area contributed by atoms with E-state index in [1.165, 1.54) is 6.07 Å². The van der Waals surface area contributed by atoms with Crippen LogP contribution in [0.3, 0.4) is 0 Å². The molecule has 5 heteroatoms. The molecule has 3 heterocycles. The first-order valence-electron chi connectivity index (χ1n) is 28.4. The summed E-state index contributed by atoms with van der Waals surface area (Å²) >= 11 is 0. The molecule has 0 saturated carbocycles. The van der Waals surface area contributed by atoms with E-state index < -0.39 is 30.9 Å². The number of hydrogen-bond donors (Lipinski definition) is 0. The zero-order valence-corrected chi connectivity index (χ0v) is 38.2. The minimum Gasteiger partial charge on any atom is -0.457 e. The number of hydrogen-bond acceptors (Lipinski definition) is 4. The third-order valence-electron chi connectivity index (χ3n) is 12.8. The number of anilines is 4. The van der Waals surface area contributed by atoms with E-state index in [0.29, 0.717) is 62.5 Å². The van der Waals surface area contributed by atoms with Gasteiger partial charge in [0.1, 0.15) is 24.0 Å². The summed E-state index contributed by atoms with van der Waals surface area (Å²) in [6, 6.07) is 41.7. The second-order valence-corrected chi connectivity index (χ2v) is 19.2. The molecule has 0 amide bonds. The Labute approximate surface area is 406 Å². The number of para-hydroxylation sites is 4. The first-order valence-corrected chi connectivity index (χ1v) is 22.4. The zero-order valence-electron chi connectivity index (χ0n) is 50.2. The molecular formula is C61H58N4O. The van der Waals surface area contributed by atoms with Gasteiger partial charge in [-0.15, -0.1) is 0 Å². The lowest BCUT2D eigenvalue weighted by atomic mass is 9.76. The van der Waals surface area contributed by atoms with Crippen LogP contribution in [0, 0.1) is 6.92 Å². The predicted molar refractivity (Wildman–Crippen MR) is 277 cm³/mol. The maximum atomic E-state index is 9.31. The molecule has 0 spiro atoms. The average molecular weight is 875 g/mol. The molecule has 0 bridgehead atoms. The summed E-state index contributed by atoms with van der Waals surface area (Å²) in [5, 5.41) is 1.00. The van der Waals surface area contributed by atoms with Gasteiger partial charge >= 0.3 is 0 Å². The molecule has 0 radical (unpaired) electrons. The van der Waals surface area contributed by atoms with Gasteiger partial charge in [-0.05, 0) is 131 Å². The summed E-state index contributed by atoms with van der Waals surface area (Å²) < 4.78 is 116. The van der Waals surface area contributed by atoms with E-state index in [1.807, 2.05) is 155 Å². The van der Waals surface area contributed by atoms with E-state index in [9.17, 15) is 5.48 Å². The minimum atomic E-state index is -3.24. The predicted octanol–water partition coefficient (Wildman–Crippen LogP) is 16.3. The molecule has 2 aromatic heterocycles. The molecule has 0 N–H and O–H groups in total. The number of benzene rings is 7. The van der Waals surface area contributed by atoms with Crippen molar-refractivity contribution in [2.45, 2.75) is 84.8 Å². The molecule has 0 fully saturated rings. The number of pyridine rings is 1. The van der Waals surface area contributed by atoms with Crippen LogP contribution in [0.1, 0.15) is 98.6 Å². The Hall–Kier alpha value is -7.11. The number of aromatic nitrogens is 2. The smallest absolute Gasteiger partial charge is 0.137 e. The van der Waals surface area contributed by atoms with E-state index in [-0.39, 0.29) is 40.7 Å². The fourth-order valence-corrected chi connectivity index (χ4v) is 9.36. The Bertz CT molecular complexity index is 3930. The number of aryl methyl sites for hydroxylation is 2. The van der Waals surface area contributed by atoms with Crippen LogP contribution in [0.4, 0.5) is 22.7 Å². The fraction of sp³-hybridized carbons (Fsp3) is 0.230. The van der Waals surface area contributed by atoms with Crippen molar-refractivity contribution in [3.05, 3.63) is 192 Å². The minimum absolute atomic E-state index is 0.142. The van der Waals surface area contributed by atoms with E-state index in [4.69, 9.17) is 20.7 Å². The maximum absolute atomic E-state index is 9.31. The largest absolute Gasteiger partial charge is 0.457 e. The van der Waals surface area contributed by atoms with Gasteiger partial charge in [-0.1, -0.05) is 139 Å². The van der Waals surface area contributed by atoms with Gasteiger partial charge in [0.15, 0.2) is 0 Å². The normalized spacial score (nSPS) is 19.6. The van der Waals surface area contributed by atoms with Crippen LogP contribution in [0.2, 0.25) is 0 Å². The summed E-state index contributed by atoms with van der Waals surface area (Å²) in [6.45, 7) is 14.2. The lowest BCUT2D eigenvalue weighted by Crippen LogP contribution is -2.25. The Morgan fingerprint density at radius 2 is 1.38 bits per heavy atom. The molecule has 11 rings (SSSR count). The molecule has 0 unspecified atom stereocenters. The number of rotatable bonds is 7. The summed E-state index contributed by atoms with van der Waals surface area (Å²) in [5.74, 6) is 1.55. The van der Waals surface area contributed by atoms with Crippen LogP contribution < -0.4 is 14.5 Å². The van der Waals surface area contributed by atoms with E-state index in [0.717, 1.165) is 45.0 Å². The average Bonchev–Trinajstić information content (AvgIpc) is 3.63. The molecule has 66 heavy (non-hydrogen) atoms. The summed E-state index contributed by atoms with van der Waals surface area (Å²) in [6.07, 6.45) is -10.6. The van der Waals surface area contributed by atoms with Gasteiger partial charge in [-0.3, -0.25) is 4.57 Å². The van der Waals surface area contributed by atoms with Crippen molar-refractivity contribution in [1.82, 2.24) is 9.55 Å². The molecule has 7 aromatic carbocycles. The van der Waals surface area contributed by atoms with Gasteiger partial charge in [0.25, 0.3) is 0 Å². The van der Waals surface area contributed by atoms with Crippen molar-refractivity contribution in [1.29, 1.82) is 0 Å². The topological polar surface area (TPSA) is 33.5 Å². The molecule has 2 aliphatic rings. The quantitative estimate of drug-likeness (QED) is 0.160. The van der Waals surface area contributed by atoms with Crippen molar-refractivity contribution in [2.75, 3.05) is 16.5 Å². The third-order valence-corrected chi connectivity index (χ3v) is 12.8. The third kappa shape index (κ3) is 7.31. The second-order valence-electron chi connectivity index (χ2n) is 19.2.